The highest BCUT2D eigenvalue weighted by Crippen LogP contribution is 2.62. The summed E-state index contributed by atoms with van der Waals surface area (Å²) in [7, 11) is 0. The van der Waals surface area contributed by atoms with Gasteiger partial charge < -0.3 is 19.7 Å². The van der Waals surface area contributed by atoms with Crippen molar-refractivity contribution in [3.05, 3.63) is 0 Å². The van der Waals surface area contributed by atoms with Crippen LogP contribution in [0.2, 0.25) is 0 Å². The highest BCUT2D eigenvalue weighted by Gasteiger charge is 2.62. The summed E-state index contributed by atoms with van der Waals surface area (Å²) in [5, 5.41) is 21.4. The standard InChI is InChI=1S/C17H30O4/c1-12-13(18)5-6-15(2,3)17(12)8-7-16(11-14(17)19)20-9-4-10-21-16/h12-14,18-19H,4-11H2,1-3H3/t12-,13-,14+,17-/m1/s1. The average Bonchev–Trinajstić information content (AvgIpc) is 2.44. The van der Waals surface area contributed by atoms with Gasteiger partial charge in [0.05, 0.1) is 25.4 Å². The molecule has 4 heteroatoms. The predicted molar refractivity (Wildman–Crippen MR) is 79.7 cm³/mol. The Morgan fingerprint density at radius 1 is 1.00 bits per heavy atom. The van der Waals surface area contributed by atoms with Crippen LogP contribution >= 0.6 is 0 Å². The summed E-state index contributed by atoms with van der Waals surface area (Å²) in [5.74, 6) is -0.474. The van der Waals surface area contributed by atoms with Gasteiger partial charge in [0.15, 0.2) is 5.79 Å². The first-order valence-corrected chi connectivity index (χ1v) is 8.47. The van der Waals surface area contributed by atoms with Gasteiger partial charge in [-0.1, -0.05) is 20.8 Å². The molecule has 2 N–H and O–H groups in total. The van der Waals surface area contributed by atoms with Crippen molar-refractivity contribution in [1.82, 2.24) is 0 Å². The number of ether oxygens (including phenoxy) is 2. The zero-order valence-corrected chi connectivity index (χ0v) is 13.6. The quantitative estimate of drug-likeness (QED) is 0.721. The van der Waals surface area contributed by atoms with Crippen molar-refractivity contribution < 1.29 is 19.7 Å². The fourth-order valence-electron chi connectivity index (χ4n) is 5.29. The van der Waals surface area contributed by atoms with Crippen LogP contribution in [0.15, 0.2) is 0 Å². The van der Waals surface area contributed by atoms with Crippen LogP contribution in [0, 0.1) is 16.7 Å². The number of hydrogen-bond donors (Lipinski definition) is 2. The minimum Gasteiger partial charge on any atom is -0.393 e. The lowest BCUT2D eigenvalue weighted by molar-refractivity contribution is -0.320. The fourth-order valence-corrected chi connectivity index (χ4v) is 5.29. The average molecular weight is 298 g/mol. The number of rotatable bonds is 0. The van der Waals surface area contributed by atoms with Gasteiger partial charge in [-0.2, -0.15) is 0 Å². The summed E-state index contributed by atoms with van der Waals surface area (Å²) in [6.45, 7) is 8.05. The summed E-state index contributed by atoms with van der Waals surface area (Å²) in [6.07, 6.45) is 4.16. The SMILES string of the molecule is C[C@@H]1[C@H](O)CCC(C)(C)[C@]12CCC1(C[C@@H]2O)OCCCO1. The zero-order chi connectivity index (χ0) is 15.3. The van der Waals surface area contributed by atoms with Crippen LogP contribution < -0.4 is 0 Å². The molecule has 122 valence electrons. The van der Waals surface area contributed by atoms with E-state index in [-0.39, 0.29) is 22.9 Å². The van der Waals surface area contributed by atoms with Crippen molar-refractivity contribution in [2.45, 2.75) is 77.3 Å². The van der Waals surface area contributed by atoms with Crippen LogP contribution in [0.1, 0.15) is 59.3 Å². The van der Waals surface area contributed by atoms with Crippen molar-refractivity contribution in [1.29, 1.82) is 0 Å². The third-order valence-corrected chi connectivity index (χ3v) is 6.75. The summed E-state index contributed by atoms with van der Waals surface area (Å²) < 4.78 is 11.8. The Labute approximate surface area is 127 Å². The van der Waals surface area contributed by atoms with Crippen molar-refractivity contribution in [3.63, 3.8) is 0 Å². The Hall–Kier alpha value is -0.160. The Kier molecular flexibility index (Phi) is 3.89. The topological polar surface area (TPSA) is 58.9 Å². The summed E-state index contributed by atoms with van der Waals surface area (Å²) in [4.78, 5) is 0. The third-order valence-electron chi connectivity index (χ3n) is 6.75. The van der Waals surface area contributed by atoms with Crippen molar-refractivity contribution in [3.8, 4) is 0 Å². The minimum absolute atomic E-state index is 0.0291. The van der Waals surface area contributed by atoms with Gasteiger partial charge in [0.1, 0.15) is 0 Å². The molecule has 2 saturated carbocycles. The van der Waals surface area contributed by atoms with Crippen LogP contribution in [0.4, 0.5) is 0 Å². The lowest BCUT2D eigenvalue weighted by atomic mass is 9.46. The first-order chi connectivity index (χ1) is 9.83. The third kappa shape index (κ3) is 2.26. The van der Waals surface area contributed by atoms with Crippen molar-refractivity contribution in [2.75, 3.05) is 13.2 Å². The van der Waals surface area contributed by atoms with E-state index in [4.69, 9.17) is 9.47 Å². The molecule has 1 heterocycles. The molecule has 0 aromatic heterocycles. The molecule has 4 nitrogen and oxygen atoms in total. The number of hydrogen-bond acceptors (Lipinski definition) is 4. The monoisotopic (exact) mass is 298 g/mol. The summed E-state index contributed by atoms with van der Waals surface area (Å²) in [5.41, 5.74) is -0.207. The molecule has 2 spiro atoms. The van der Waals surface area contributed by atoms with Crippen LogP contribution in [0.3, 0.4) is 0 Å². The van der Waals surface area contributed by atoms with Crippen molar-refractivity contribution >= 4 is 0 Å². The molecule has 3 aliphatic rings. The first kappa shape index (κ1) is 15.7. The van der Waals surface area contributed by atoms with Gasteiger partial charge in [-0.25, -0.2) is 0 Å². The Morgan fingerprint density at radius 2 is 1.67 bits per heavy atom. The van der Waals surface area contributed by atoms with Gasteiger partial charge in [0, 0.05) is 18.3 Å². The van der Waals surface area contributed by atoms with E-state index < -0.39 is 11.9 Å². The molecule has 0 bridgehead atoms. The largest absolute Gasteiger partial charge is 0.393 e. The maximum atomic E-state index is 11.1. The van der Waals surface area contributed by atoms with Gasteiger partial charge >= 0.3 is 0 Å². The second kappa shape index (κ2) is 5.19. The maximum Gasteiger partial charge on any atom is 0.170 e. The highest BCUT2D eigenvalue weighted by atomic mass is 16.7. The molecule has 3 rings (SSSR count). The summed E-state index contributed by atoms with van der Waals surface area (Å²) in [6, 6.07) is 0. The van der Waals surface area contributed by atoms with E-state index >= 15 is 0 Å². The highest BCUT2D eigenvalue weighted by molar-refractivity contribution is 5.09. The minimum atomic E-state index is -0.582. The maximum absolute atomic E-state index is 11.1. The molecule has 4 atom stereocenters. The zero-order valence-electron chi connectivity index (χ0n) is 13.6. The van der Waals surface area contributed by atoms with E-state index in [1.165, 1.54) is 0 Å². The van der Waals surface area contributed by atoms with E-state index in [2.05, 4.69) is 20.8 Å². The number of aliphatic hydroxyl groups excluding tert-OH is 2. The Balaban J connectivity index is 1.87. The van der Waals surface area contributed by atoms with Gasteiger partial charge in [0.25, 0.3) is 0 Å². The molecule has 0 aromatic carbocycles. The van der Waals surface area contributed by atoms with Gasteiger partial charge in [-0.3, -0.25) is 0 Å². The van der Waals surface area contributed by atoms with Gasteiger partial charge in [-0.15, -0.1) is 0 Å². The molecular weight excluding hydrogens is 268 g/mol. The predicted octanol–water partition coefficient (Wildman–Crippen LogP) is 2.47. The van der Waals surface area contributed by atoms with E-state index in [1.54, 1.807) is 0 Å². The lowest BCUT2D eigenvalue weighted by Crippen LogP contribution is -2.63. The molecule has 0 unspecified atom stereocenters. The van der Waals surface area contributed by atoms with Crippen LogP contribution in [-0.4, -0.2) is 41.4 Å². The van der Waals surface area contributed by atoms with Crippen molar-refractivity contribution in [2.24, 2.45) is 16.7 Å². The number of aliphatic hydroxyl groups is 2. The molecule has 0 amide bonds. The molecule has 0 aromatic rings. The molecule has 3 fully saturated rings. The fraction of sp³-hybridized carbons (Fsp3) is 1.00. The molecule has 21 heavy (non-hydrogen) atoms. The molecular formula is C17H30O4. The Morgan fingerprint density at radius 3 is 2.29 bits per heavy atom. The molecule has 1 aliphatic heterocycles. The molecule has 0 radical (unpaired) electrons. The van der Waals surface area contributed by atoms with Crippen LogP contribution in [-0.2, 0) is 9.47 Å². The lowest BCUT2D eigenvalue weighted by Gasteiger charge is -2.62. The van der Waals surface area contributed by atoms with Crippen LogP contribution in [0.25, 0.3) is 0 Å². The second-order valence-electron chi connectivity index (χ2n) is 8.00. The molecule has 1 saturated heterocycles. The van der Waals surface area contributed by atoms with E-state index in [1.807, 2.05) is 0 Å². The van der Waals surface area contributed by atoms with Gasteiger partial charge in [-0.05, 0) is 37.0 Å². The molecule has 2 aliphatic carbocycles. The second-order valence-corrected chi connectivity index (χ2v) is 8.00. The van der Waals surface area contributed by atoms with E-state index in [0.717, 1.165) is 45.3 Å². The smallest absolute Gasteiger partial charge is 0.170 e. The summed E-state index contributed by atoms with van der Waals surface area (Å²) >= 11 is 0. The first-order valence-electron chi connectivity index (χ1n) is 8.47. The van der Waals surface area contributed by atoms with Crippen LogP contribution in [0.5, 0.6) is 0 Å². The van der Waals surface area contributed by atoms with E-state index in [0.29, 0.717) is 6.42 Å². The van der Waals surface area contributed by atoms with Gasteiger partial charge in [0.2, 0.25) is 0 Å². The van der Waals surface area contributed by atoms with E-state index in [9.17, 15) is 10.2 Å². The normalized spacial score (nSPS) is 45.9. The Bertz CT molecular complexity index is 388.